The molecular weight excluding hydrogens is 362 g/mol. The van der Waals surface area contributed by atoms with Crippen LogP contribution in [0.1, 0.15) is 36.2 Å². The van der Waals surface area contributed by atoms with E-state index < -0.39 is 0 Å². The highest BCUT2D eigenvalue weighted by Gasteiger charge is 2.28. The molecule has 0 aliphatic carbocycles. The SMILES string of the molecule is COc1ccccc1-c1cn2c(C(=O)N3CCCCC[C@@H]3CO)csc2n1. The van der Waals surface area contributed by atoms with Gasteiger partial charge in [0.15, 0.2) is 4.96 Å². The number of imidazole rings is 1. The number of rotatable bonds is 4. The Balaban J connectivity index is 1.70. The molecular formula is C20H23N3O3S. The van der Waals surface area contributed by atoms with Crippen molar-refractivity contribution in [2.24, 2.45) is 0 Å². The summed E-state index contributed by atoms with van der Waals surface area (Å²) in [6, 6.07) is 7.62. The summed E-state index contributed by atoms with van der Waals surface area (Å²) >= 11 is 1.45. The molecule has 7 heteroatoms. The van der Waals surface area contributed by atoms with Crippen LogP contribution in [0.5, 0.6) is 5.75 Å². The van der Waals surface area contributed by atoms with Gasteiger partial charge in [0, 0.05) is 23.7 Å². The van der Waals surface area contributed by atoms with E-state index in [4.69, 9.17) is 4.74 Å². The van der Waals surface area contributed by atoms with Crippen LogP contribution in [0.25, 0.3) is 16.2 Å². The van der Waals surface area contributed by atoms with Crippen LogP contribution in [0.2, 0.25) is 0 Å². The van der Waals surface area contributed by atoms with Crippen molar-refractivity contribution in [1.29, 1.82) is 0 Å². The van der Waals surface area contributed by atoms with E-state index in [0.717, 1.165) is 47.7 Å². The second kappa shape index (κ2) is 7.70. The molecule has 1 aromatic carbocycles. The van der Waals surface area contributed by atoms with Gasteiger partial charge in [0.05, 0.1) is 25.5 Å². The zero-order valence-corrected chi connectivity index (χ0v) is 16.1. The maximum atomic E-state index is 13.2. The average molecular weight is 385 g/mol. The predicted molar refractivity (Wildman–Crippen MR) is 105 cm³/mol. The van der Waals surface area contributed by atoms with Crippen LogP contribution in [0.15, 0.2) is 35.8 Å². The number of methoxy groups -OCH3 is 1. The standard InChI is InChI=1S/C20H23N3O3S/c1-26-18-9-5-4-8-15(18)16-11-23-17(13-27-20(23)21-16)19(25)22-10-6-2-3-7-14(22)12-24/h4-5,8-9,11,13-14,24H,2-3,6-7,10,12H2,1H3/t14-/m1/s1. The van der Waals surface area contributed by atoms with E-state index >= 15 is 0 Å². The summed E-state index contributed by atoms with van der Waals surface area (Å²) in [6.45, 7) is 0.699. The van der Waals surface area contributed by atoms with Crippen molar-refractivity contribution in [2.45, 2.75) is 31.7 Å². The number of hydrogen-bond acceptors (Lipinski definition) is 5. The summed E-state index contributed by atoms with van der Waals surface area (Å²) in [6.07, 6.45) is 5.87. The van der Waals surface area contributed by atoms with Crippen molar-refractivity contribution in [1.82, 2.24) is 14.3 Å². The first kappa shape index (κ1) is 18.0. The summed E-state index contributed by atoms with van der Waals surface area (Å²) in [5.74, 6) is 0.718. The van der Waals surface area contributed by atoms with E-state index in [1.54, 1.807) is 7.11 Å². The molecule has 1 amide bonds. The zero-order valence-electron chi connectivity index (χ0n) is 15.3. The summed E-state index contributed by atoms with van der Waals surface area (Å²) in [5.41, 5.74) is 2.28. The van der Waals surface area contributed by atoms with E-state index in [9.17, 15) is 9.90 Å². The van der Waals surface area contributed by atoms with Crippen LogP contribution in [0.3, 0.4) is 0 Å². The maximum absolute atomic E-state index is 13.2. The summed E-state index contributed by atoms with van der Waals surface area (Å²) in [4.78, 5) is 20.5. The number of ether oxygens (including phenoxy) is 1. The molecule has 27 heavy (non-hydrogen) atoms. The van der Waals surface area contributed by atoms with E-state index in [1.165, 1.54) is 11.3 Å². The molecule has 4 rings (SSSR count). The Hall–Kier alpha value is -2.38. The Morgan fingerprint density at radius 2 is 2.19 bits per heavy atom. The van der Waals surface area contributed by atoms with Crippen molar-refractivity contribution in [2.75, 3.05) is 20.3 Å². The number of amides is 1. The second-order valence-corrected chi connectivity index (χ2v) is 7.62. The third kappa shape index (κ3) is 3.33. The van der Waals surface area contributed by atoms with Gasteiger partial charge in [-0.25, -0.2) is 4.98 Å². The molecule has 3 aromatic rings. The van der Waals surface area contributed by atoms with Crippen molar-refractivity contribution < 1.29 is 14.6 Å². The number of aliphatic hydroxyl groups is 1. The van der Waals surface area contributed by atoms with Crippen molar-refractivity contribution >= 4 is 22.2 Å². The average Bonchev–Trinajstić information content (AvgIpc) is 3.19. The molecule has 1 aliphatic heterocycles. The normalized spacial score (nSPS) is 17.9. The second-order valence-electron chi connectivity index (χ2n) is 6.78. The van der Waals surface area contributed by atoms with Gasteiger partial charge < -0.3 is 14.7 Å². The highest BCUT2D eigenvalue weighted by molar-refractivity contribution is 7.15. The van der Waals surface area contributed by atoms with Crippen LogP contribution in [0, 0.1) is 0 Å². The Morgan fingerprint density at radius 1 is 1.33 bits per heavy atom. The predicted octanol–water partition coefficient (Wildman–Crippen LogP) is 3.45. The van der Waals surface area contributed by atoms with Crippen LogP contribution >= 0.6 is 11.3 Å². The van der Waals surface area contributed by atoms with Gasteiger partial charge in [0.2, 0.25) is 0 Å². The number of benzene rings is 1. The van der Waals surface area contributed by atoms with Gasteiger partial charge in [0.1, 0.15) is 11.4 Å². The fraction of sp³-hybridized carbons (Fsp3) is 0.400. The zero-order chi connectivity index (χ0) is 18.8. The van der Waals surface area contributed by atoms with Crippen LogP contribution < -0.4 is 4.74 Å². The minimum atomic E-state index is -0.104. The fourth-order valence-corrected chi connectivity index (χ4v) is 4.55. The van der Waals surface area contributed by atoms with Gasteiger partial charge in [0.25, 0.3) is 5.91 Å². The number of aliphatic hydroxyl groups excluding tert-OH is 1. The van der Waals surface area contributed by atoms with Crippen molar-refractivity contribution in [3.8, 4) is 17.0 Å². The first-order valence-electron chi connectivity index (χ1n) is 9.24. The topological polar surface area (TPSA) is 67.1 Å². The largest absolute Gasteiger partial charge is 0.496 e. The third-order valence-electron chi connectivity index (χ3n) is 5.16. The Kier molecular flexibility index (Phi) is 5.13. The fourth-order valence-electron chi connectivity index (χ4n) is 3.71. The number of para-hydroxylation sites is 1. The van der Waals surface area contributed by atoms with Crippen LogP contribution in [-0.2, 0) is 0 Å². The van der Waals surface area contributed by atoms with Gasteiger partial charge in [-0.1, -0.05) is 25.0 Å². The molecule has 1 N–H and O–H groups in total. The summed E-state index contributed by atoms with van der Waals surface area (Å²) < 4.78 is 7.29. The van der Waals surface area contributed by atoms with Crippen LogP contribution in [0.4, 0.5) is 0 Å². The lowest BCUT2D eigenvalue weighted by molar-refractivity contribution is 0.0593. The van der Waals surface area contributed by atoms with Crippen molar-refractivity contribution in [3.05, 3.63) is 41.5 Å². The van der Waals surface area contributed by atoms with Gasteiger partial charge in [-0.05, 0) is 25.0 Å². The van der Waals surface area contributed by atoms with E-state index in [-0.39, 0.29) is 18.6 Å². The monoisotopic (exact) mass is 385 g/mol. The molecule has 0 saturated carbocycles. The van der Waals surface area contributed by atoms with Gasteiger partial charge in [-0.15, -0.1) is 11.3 Å². The quantitative estimate of drug-likeness (QED) is 0.747. The number of fused-ring (bicyclic) bond motifs is 1. The number of nitrogens with zero attached hydrogens (tertiary/aromatic N) is 3. The molecule has 1 saturated heterocycles. The minimum absolute atomic E-state index is 0.00934. The highest BCUT2D eigenvalue weighted by atomic mass is 32.1. The van der Waals surface area contributed by atoms with Crippen molar-refractivity contribution in [3.63, 3.8) is 0 Å². The summed E-state index contributed by atoms with van der Waals surface area (Å²) in [5, 5.41) is 11.6. The smallest absolute Gasteiger partial charge is 0.272 e. The third-order valence-corrected chi connectivity index (χ3v) is 6.00. The Morgan fingerprint density at radius 3 is 3.00 bits per heavy atom. The van der Waals surface area contributed by atoms with Gasteiger partial charge >= 0.3 is 0 Å². The Bertz CT molecular complexity index is 949. The molecule has 1 aliphatic rings. The number of aromatic nitrogens is 2. The number of likely N-dealkylation sites (tertiary alicyclic amines) is 1. The molecule has 142 valence electrons. The first-order chi connectivity index (χ1) is 13.2. The maximum Gasteiger partial charge on any atom is 0.272 e. The number of carbonyl (C=O) groups excluding carboxylic acids is 1. The highest BCUT2D eigenvalue weighted by Crippen LogP contribution is 2.31. The van der Waals surface area contributed by atoms with E-state index in [1.807, 2.05) is 45.1 Å². The number of hydrogen-bond donors (Lipinski definition) is 1. The van der Waals surface area contributed by atoms with Gasteiger partial charge in [-0.3, -0.25) is 9.20 Å². The van der Waals surface area contributed by atoms with E-state index in [0.29, 0.717) is 12.2 Å². The summed E-state index contributed by atoms with van der Waals surface area (Å²) in [7, 11) is 1.64. The number of thiazole rings is 1. The molecule has 1 atom stereocenters. The molecule has 3 heterocycles. The van der Waals surface area contributed by atoms with E-state index in [2.05, 4.69) is 4.98 Å². The lowest BCUT2D eigenvalue weighted by Crippen LogP contribution is -2.42. The Labute approximate surface area is 162 Å². The lowest BCUT2D eigenvalue weighted by Gasteiger charge is -2.28. The van der Waals surface area contributed by atoms with Gasteiger partial charge in [-0.2, -0.15) is 0 Å². The number of carbonyl (C=O) groups is 1. The molecule has 0 unspecified atom stereocenters. The first-order valence-corrected chi connectivity index (χ1v) is 10.1. The lowest BCUT2D eigenvalue weighted by atomic mass is 10.1. The molecule has 2 aromatic heterocycles. The molecule has 6 nitrogen and oxygen atoms in total. The molecule has 0 radical (unpaired) electrons. The molecule has 0 spiro atoms. The molecule has 1 fully saturated rings. The minimum Gasteiger partial charge on any atom is -0.496 e. The molecule has 0 bridgehead atoms. The van der Waals surface area contributed by atoms with Crippen LogP contribution in [-0.4, -0.2) is 51.6 Å².